The van der Waals surface area contributed by atoms with E-state index in [0.29, 0.717) is 13.2 Å². The Morgan fingerprint density at radius 2 is 1.88 bits per heavy atom. The largest absolute Gasteiger partial charge is 0.374 e. The molecule has 0 bridgehead atoms. The van der Waals surface area contributed by atoms with Crippen molar-refractivity contribution in [2.24, 2.45) is 11.1 Å². The number of ether oxygens (including phenoxy) is 1. The predicted molar refractivity (Wildman–Crippen MR) is 87.4 cm³/mol. The Hall–Kier alpha value is -0.763. The van der Waals surface area contributed by atoms with Gasteiger partial charge >= 0.3 is 0 Å². The van der Waals surface area contributed by atoms with E-state index in [-0.39, 0.29) is 63.5 Å². The zero-order valence-corrected chi connectivity index (χ0v) is 17.9. The average Bonchev–Trinajstić information content (AvgIpc) is 2.54. The van der Waals surface area contributed by atoms with Gasteiger partial charge in [-0.2, -0.15) is 0 Å². The van der Waals surface area contributed by atoms with Crippen LogP contribution < -0.4 is 5.73 Å². The van der Waals surface area contributed by atoms with Gasteiger partial charge in [-0.1, -0.05) is 30.3 Å². The van der Waals surface area contributed by atoms with Crippen LogP contribution in [0.1, 0.15) is 31.2 Å². The molecule has 1 saturated heterocycles. The molecule has 3 rings (SSSR count). The molecule has 2 fully saturated rings. The van der Waals surface area contributed by atoms with Gasteiger partial charge in [0.1, 0.15) is 0 Å². The molecule has 1 aliphatic heterocycles. The van der Waals surface area contributed by atoms with Crippen molar-refractivity contribution in [3.63, 3.8) is 0 Å². The van der Waals surface area contributed by atoms with Gasteiger partial charge in [-0.25, -0.2) is 0 Å². The van der Waals surface area contributed by atoms with E-state index in [4.69, 9.17) is 10.5 Å². The summed E-state index contributed by atoms with van der Waals surface area (Å²) in [6.45, 7) is 1.34. The van der Waals surface area contributed by atoms with E-state index < -0.39 is 5.91 Å². The number of β-lactam (4-membered cyclic amide) rings is 1. The van der Waals surface area contributed by atoms with Crippen molar-refractivity contribution in [1.29, 1.82) is 0 Å². The third-order valence-corrected chi connectivity index (χ3v) is 4.80. The second kappa shape index (κ2) is 9.08. The summed E-state index contributed by atoms with van der Waals surface area (Å²) in [5.41, 5.74) is 6.08. The number of hydrogen-bond acceptors (Lipinski definition) is 3. The van der Waals surface area contributed by atoms with Gasteiger partial charge in [-0.15, -0.1) is 0 Å². The normalized spacial score (nSPS) is 25.4. The van der Waals surface area contributed by atoms with Crippen molar-refractivity contribution >= 4 is 20.2 Å². The van der Waals surface area contributed by atoms with E-state index in [1.165, 1.54) is 5.56 Å². The first-order valence-corrected chi connectivity index (χ1v) is 7.82. The number of carbonyl (C=O) groups is 2. The number of carbonyl (C=O) groups excluding carboxylic acids is 2. The van der Waals surface area contributed by atoms with Gasteiger partial charge in [0.15, 0.2) is 0 Å². The molecule has 1 heterocycles. The molecular weight excluding hydrogens is 529 g/mol. The van der Waals surface area contributed by atoms with Crippen molar-refractivity contribution < 1.29 is 45.4 Å². The van der Waals surface area contributed by atoms with E-state index in [0.717, 1.165) is 25.7 Å². The Morgan fingerprint density at radius 3 is 2.42 bits per heavy atom. The number of benzene rings is 1. The molecule has 5 nitrogen and oxygen atoms in total. The summed E-state index contributed by atoms with van der Waals surface area (Å²) in [5, 5.41) is 0. The number of likely N-dealkylation sites (tertiary alicyclic amines) is 1. The summed E-state index contributed by atoms with van der Waals surface area (Å²) in [7, 11) is 0. The van der Waals surface area contributed by atoms with Gasteiger partial charge in [0.05, 0.1) is 24.7 Å². The maximum Gasteiger partial charge on any atom is 0.237 e. The minimum Gasteiger partial charge on any atom is -0.374 e. The van der Waals surface area contributed by atoms with Crippen LogP contribution in [0.4, 0.5) is 0 Å². The first-order valence-electron chi connectivity index (χ1n) is 7.82. The maximum atomic E-state index is 12.2. The molecule has 0 aromatic heterocycles. The summed E-state index contributed by atoms with van der Waals surface area (Å²) in [6, 6.07) is 10.1. The van der Waals surface area contributed by atoms with Crippen molar-refractivity contribution in [3.8, 4) is 0 Å². The summed E-state index contributed by atoms with van der Waals surface area (Å²) in [4.78, 5) is 24.7. The van der Waals surface area contributed by atoms with Crippen molar-refractivity contribution in [3.05, 3.63) is 35.9 Å². The topological polar surface area (TPSA) is 72.6 Å². The minimum atomic E-state index is -0.442. The smallest absolute Gasteiger partial charge is 0.237 e. The average molecular weight is 551 g/mol. The van der Waals surface area contributed by atoms with Crippen LogP contribution in [-0.2, 0) is 20.9 Å². The number of nitrogens with two attached hydrogens (primary N) is 1. The van der Waals surface area contributed by atoms with Gasteiger partial charge in [0, 0.05) is 46.1 Å². The number of amides is 2. The first kappa shape index (κ1) is 21.3. The Balaban J connectivity index is 0.00000144. The molecule has 2 amide bonds. The monoisotopic (exact) mass is 551 g/mol. The Bertz CT molecular complexity index is 562. The van der Waals surface area contributed by atoms with Gasteiger partial charge < -0.3 is 15.4 Å². The molecule has 7 heteroatoms. The van der Waals surface area contributed by atoms with Crippen molar-refractivity contribution in [1.82, 2.24) is 4.90 Å². The fourth-order valence-corrected chi connectivity index (χ4v) is 3.54. The zero-order chi connectivity index (χ0) is 15.6. The van der Waals surface area contributed by atoms with Crippen molar-refractivity contribution in [2.45, 2.75) is 38.4 Å². The van der Waals surface area contributed by atoms with E-state index >= 15 is 0 Å². The van der Waals surface area contributed by atoms with Crippen LogP contribution in [0.5, 0.6) is 0 Å². The Labute approximate surface area is 168 Å². The number of nitrogens with zero attached hydrogens (tertiary/aromatic N) is 1. The Kier molecular flexibility index (Phi) is 8.05. The van der Waals surface area contributed by atoms with Crippen LogP contribution in [0.25, 0.3) is 0 Å². The maximum absolute atomic E-state index is 12.2. The van der Waals surface area contributed by atoms with E-state index in [1.807, 2.05) is 18.2 Å². The molecule has 2 N–H and O–H groups in total. The molecule has 1 aliphatic carbocycles. The number of rotatable bonds is 5. The first-order chi connectivity index (χ1) is 10.6. The van der Waals surface area contributed by atoms with E-state index in [9.17, 15) is 9.59 Å². The van der Waals surface area contributed by atoms with Gasteiger partial charge in [-0.3, -0.25) is 9.59 Å². The van der Waals surface area contributed by atoms with Crippen LogP contribution in [-0.4, -0.2) is 44.3 Å². The van der Waals surface area contributed by atoms with Gasteiger partial charge in [-0.05, 0) is 31.2 Å². The Morgan fingerprint density at radius 1 is 1.25 bits per heavy atom. The molecule has 24 heavy (non-hydrogen) atoms. The van der Waals surface area contributed by atoms with E-state index in [1.54, 1.807) is 4.90 Å². The molecule has 1 aromatic rings. The van der Waals surface area contributed by atoms with Gasteiger partial charge in [0.25, 0.3) is 0 Å². The fourth-order valence-electron chi connectivity index (χ4n) is 3.54. The van der Waals surface area contributed by atoms with Crippen LogP contribution in [0.15, 0.2) is 30.3 Å². The third kappa shape index (κ3) is 4.65. The van der Waals surface area contributed by atoms with Crippen LogP contribution >= 0.6 is 0 Å². The minimum absolute atomic E-state index is 0. The molecule has 1 saturated carbocycles. The molecular formula is C17H22BN2O3U. The summed E-state index contributed by atoms with van der Waals surface area (Å²) in [6.07, 6.45) is 3.73. The molecule has 3 radical (unpaired) electrons. The van der Waals surface area contributed by atoms with Crippen molar-refractivity contribution in [2.75, 3.05) is 13.1 Å². The zero-order valence-electron chi connectivity index (χ0n) is 13.7. The molecule has 2 aliphatic rings. The number of primary amides is 1. The fraction of sp³-hybridized carbons (Fsp3) is 0.529. The molecule has 1 aromatic carbocycles. The molecule has 1 spiro atoms. The summed E-state index contributed by atoms with van der Waals surface area (Å²) < 4.78 is 5.96. The predicted octanol–water partition coefficient (Wildman–Crippen LogP) is 1.08. The number of hydrogen-bond donors (Lipinski definition) is 1. The third-order valence-electron chi connectivity index (χ3n) is 4.80. The van der Waals surface area contributed by atoms with Gasteiger partial charge in [0.2, 0.25) is 11.8 Å². The summed E-state index contributed by atoms with van der Waals surface area (Å²) in [5.74, 6) is -0.351. The van der Waals surface area contributed by atoms with Crippen LogP contribution in [0, 0.1) is 36.5 Å². The quantitative estimate of drug-likeness (QED) is 0.440. The second-order valence-corrected chi connectivity index (χ2v) is 6.40. The summed E-state index contributed by atoms with van der Waals surface area (Å²) >= 11 is 0. The molecule has 125 valence electrons. The molecule has 0 atom stereocenters. The van der Waals surface area contributed by atoms with Crippen LogP contribution in [0.3, 0.4) is 0 Å². The second-order valence-electron chi connectivity index (χ2n) is 6.40. The van der Waals surface area contributed by atoms with E-state index in [2.05, 4.69) is 12.1 Å². The SMILES string of the molecule is NC(=O)CN1CC2(CCC(OCc3ccccc3)CC2)C1=O.[B].[U]. The standard InChI is InChI=1S/C17H22N2O3.B.U/c18-15(20)10-19-12-17(16(19)21)8-6-14(7-9-17)22-11-13-4-2-1-3-5-13;;/h1-5,14H,6-12H2,(H2,18,20);;. The van der Waals surface area contributed by atoms with Crippen LogP contribution in [0.2, 0.25) is 0 Å². The molecule has 0 unspecified atom stereocenters.